The number of pyridine rings is 1. The monoisotopic (exact) mass is 314 g/mol. The van der Waals surface area contributed by atoms with Crippen LogP contribution in [0.1, 0.15) is 19.8 Å². The zero-order chi connectivity index (χ0) is 16.1. The third-order valence-electron chi connectivity index (χ3n) is 5.45. The molecule has 0 radical (unpaired) electrons. The Hall–Kier alpha value is -2.17. The molecule has 3 atom stereocenters. The van der Waals surface area contributed by atoms with Crippen LogP contribution in [0.4, 0.5) is 4.39 Å². The van der Waals surface area contributed by atoms with Gasteiger partial charge in [-0.1, -0.05) is 6.92 Å². The summed E-state index contributed by atoms with van der Waals surface area (Å²) in [4.78, 5) is 15.5. The molecule has 4 nitrogen and oxygen atoms in total. The molecule has 0 bridgehead atoms. The van der Waals surface area contributed by atoms with Gasteiger partial charge in [0.2, 0.25) is 5.91 Å². The van der Waals surface area contributed by atoms with E-state index in [0.717, 1.165) is 18.4 Å². The van der Waals surface area contributed by atoms with Gasteiger partial charge in [-0.25, -0.2) is 4.39 Å². The number of rotatable bonds is 4. The van der Waals surface area contributed by atoms with Crippen LogP contribution in [0, 0.1) is 29.5 Å². The fraction of sp³-hybridized carbons (Fsp3) is 0.444. The molecule has 3 unspecified atom stereocenters. The highest BCUT2D eigenvalue weighted by Gasteiger charge is 2.59. The number of primary amides is 1. The van der Waals surface area contributed by atoms with Gasteiger partial charge >= 0.3 is 0 Å². The van der Waals surface area contributed by atoms with Crippen molar-refractivity contribution < 1.29 is 13.9 Å². The van der Waals surface area contributed by atoms with E-state index in [9.17, 15) is 9.18 Å². The number of nitrogens with two attached hydrogens (primary N) is 1. The quantitative estimate of drug-likeness (QED) is 0.943. The number of hydrogen-bond acceptors (Lipinski definition) is 3. The lowest BCUT2D eigenvalue weighted by molar-refractivity contribution is -0.122. The lowest BCUT2D eigenvalue weighted by Crippen LogP contribution is -2.25. The average molecular weight is 314 g/mol. The van der Waals surface area contributed by atoms with Gasteiger partial charge in [0.15, 0.2) is 0 Å². The number of amides is 1. The Morgan fingerprint density at radius 3 is 2.78 bits per heavy atom. The maximum atomic E-state index is 13.5. The van der Waals surface area contributed by atoms with E-state index in [1.165, 1.54) is 12.1 Å². The largest absolute Gasteiger partial charge is 0.490 e. The third-order valence-corrected chi connectivity index (χ3v) is 5.45. The van der Waals surface area contributed by atoms with Crippen LogP contribution in [0.25, 0.3) is 10.9 Å². The second-order valence-corrected chi connectivity index (χ2v) is 6.78. The second-order valence-electron chi connectivity index (χ2n) is 6.78. The maximum absolute atomic E-state index is 13.5. The van der Waals surface area contributed by atoms with E-state index in [1.807, 2.05) is 6.92 Å². The van der Waals surface area contributed by atoms with E-state index in [2.05, 4.69) is 4.98 Å². The predicted molar refractivity (Wildman–Crippen MR) is 84.2 cm³/mol. The van der Waals surface area contributed by atoms with E-state index in [1.54, 1.807) is 18.3 Å². The normalized spacial score (nSPS) is 30.0. The van der Waals surface area contributed by atoms with E-state index in [0.29, 0.717) is 28.9 Å². The van der Waals surface area contributed by atoms with Crippen molar-refractivity contribution in [1.82, 2.24) is 4.98 Å². The fourth-order valence-electron chi connectivity index (χ4n) is 4.24. The number of hydrogen-bond donors (Lipinski definition) is 1. The van der Waals surface area contributed by atoms with Gasteiger partial charge in [0.25, 0.3) is 0 Å². The molecule has 2 fully saturated rings. The number of halogens is 1. The minimum atomic E-state index is -0.292. The Morgan fingerprint density at radius 2 is 2.09 bits per heavy atom. The van der Waals surface area contributed by atoms with Crippen LogP contribution in [0.15, 0.2) is 30.5 Å². The first kappa shape index (κ1) is 14.4. The van der Waals surface area contributed by atoms with E-state index >= 15 is 0 Å². The summed E-state index contributed by atoms with van der Waals surface area (Å²) in [5.41, 5.74) is 6.13. The first-order chi connectivity index (χ1) is 11.0. The summed E-state index contributed by atoms with van der Waals surface area (Å²) in [5, 5.41) is 0.704. The van der Waals surface area contributed by atoms with Crippen LogP contribution in [0.5, 0.6) is 5.75 Å². The van der Waals surface area contributed by atoms with Crippen molar-refractivity contribution in [2.45, 2.75) is 25.9 Å². The zero-order valence-electron chi connectivity index (χ0n) is 12.9. The molecule has 0 spiro atoms. The summed E-state index contributed by atoms with van der Waals surface area (Å²) in [5.74, 6) is 1.61. The minimum Gasteiger partial charge on any atom is -0.490 e. The highest BCUT2D eigenvalue weighted by atomic mass is 19.1. The van der Waals surface area contributed by atoms with Crippen LogP contribution in [-0.4, -0.2) is 17.0 Å². The Bertz CT molecular complexity index is 767. The summed E-state index contributed by atoms with van der Waals surface area (Å²) < 4.78 is 19.6. The molecular formula is C18H19FN2O2. The first-order valence-corrected chi connectivity index (χ1v) is 8.05. The third kappa shape index (κ3) is 2.44. The molecule has 2 aromatic rings. The standard InChI is InChI=1S/C18H19FN2O2/c1-9(18(20)22)17-12-7-11(8-13(12)17)23-16-4-5-21-15-3-2-10(19)6-14(15)16/h2-6,9,11-13,17H,7-8H2,1H3,(H2,20,22). The van der Waals surface area contributed by atoms with E-state index in [-0.39, 0.29) is 23.7 Å². The van der Waals surface area contributed by atoms with Crippen molar-refractivity contribution in [2.75, 3.05) is 0 Å². The van der Waals surface area contributed by atoms with Crippen LogP contribution in [0.3, 0.4) is 0 Å². The van der Waals surface area contributed by atoms with Crippen molar-refractivity contribution in [3.8, 4) is 5.75 Å². The van der Waals surface area contributed by atoms with Gasteiger partial charge in [-0.2, -0.15) is 0 Å². The molecule has 2 saturated carbocycles. The van der Waals surface area contributed by atoms with Gasteiger partial charge in [0.05, 0.1) is 11.6 Å². The van der Waals surface area contributed by atoms with Gasteiger partial charge in [-0.15, -0.1) is 0 Å². The summed E-state index contributed by atoms with van der Waals surface area (Å²) in [6.07, 6.45) is 3.68. The summed E-state index contributed by atoms with van der Waals surface area (Å²) in [7, 11) is 0. The van der Waals surface area contributed by atoms with Crippen molar-refractivity contribution in [3.63, 3.8) is 0 Å². The van der Waals surface area contributed by atoms with Crippen LogP contribution in [0.2, 0.25) is 0 Å². The van der Waals surface area contributed by atoms with Crippen LogP contribution in [-0.2, 0) is 4.79 Å². The molecule has 2 aliphatic rings. The van der Waals surface area contributed by atoms with Crippen molar-refractivity contribution in [1.29, 1.82) is 0 Å². The Kier molecular flexibility index (Phi) is 3.25. The van der Waals surface area contributed by atoms with Crippen molar-refractivity contribution in [3.05, 3.63) is 36.3 Å². The molecule has 0 aliphatic heterocycles. The number of benzene rings is 1. The topological polar surface area (TPSA) is 65.2 Å². The molecule has 4 rings (SSSR count). The number of carbonyl (C=O) groups excluding carboxylic acids is 1. The van der Waals surface area contributed by atoms with Crippen molar-refractivity contribution >= 4 is 16.8 Å². The predicted octanol–water partition coefficient (Wildman–Crippen LogP) is 2.90. The lowest BCUT2D eigenvalue weighted by Gasteiger charge is -2.19. The molecule has 1 aromatic carbocycles. The SMILES string of the molecule is CC(C(N)=O)C1C2CC(Oc3ccnc4ccc(F)cc34)CC21. The molecule has 23 heavy (non-hydrogen) atoms. The molecule has 0 saturated heterocycles. The lowest BCUT2D eigenvalue weighted by atomic mass is 9.97. The zero-order valence-corrected chi connectivity index (χ0v) is 12.9. The molecule has 1 heterocycles. The molecule has 120 valence electrons. The number of carbonyl (C=O) groups is 1. The van der Waals surface area contributed by atoms with Gasteiger partial charge in [0, 0.05) is 17.5 Å². The number of aromatic nitrogens is 1. The summed E-state index contributed by atoms with van der Waals surface area (Å²) in [6.45, 7) is 1.92. The molecular weight excluding hydrogens is 295 g/mol. The Labute approximate surface area is 133 Å². The Morgan fingerprint density at radius 1 is 1.35 bits per heavy atom. The first-order valence-electron chi connectivity index (χ1n) is 8.05. The smallest absolute Gasteiger partial charge is 0.220 e. The van der Waals surface area contributed by atoms with Gasteiger partial charge in [-0.3, -0.25) is 9.78 Å². The summed E-state index contributed by atoms with van der Waals surface area (Å²) in [6, 6.07) is 6.31. The maximum Gasteiger partial charge on any atom is 0.220 e. The van der Waals surface area contributed by atoms with Crippen LogP contribution < -0.4 is 10.5 Å². The van der Waals surface area contributed by atoms with Gasteiger partial charge in [0.1, 0.15) is 11.6 Å². The fourth-order valence-corrected chi connectivity index (χ4v) is 4.24. The molecule has 2 N–H and O–H groups in total. The van der Waals surface area contributed by atoms with E-state index in [4.69, 9.17) is 10.5 Å². The minimum absolute atomic E-state index is 0.0539. The molecule has 1 aromatic heterocycles. The Balaban J connectivity index is 1.48. The average Bonchev–Trinajstić information content (AvgIpc) is 3.02. The molecule has 5 heteroatoms. The molecule has 1 amide bonds. The molecule has 2 aliphatic carbocycles. The van der Waals surface area contributed by atoms with E-state index < -0.39 is 0 Å². The number of fused-ring (bicyclic) bond motifs is 2. The van der Waals surface area contributed by atoms with Gasteiger partial charge in [-0.05, 0) is 54.9 Å². The number of ether oxygens (including phenoxy) is 1. The van der Waals surface area contributed by atoms with Gasteiger partial charge < -0.3 is 10.5 Å². The summed E-state index contributed by atoms with van der Waals surface area (Å²) >= 11 is 0. The second kappa shape index (κ2) is 5.18. The van der Waals surface area contributed by atoms with Crippen LogP contribution >= 0.6 is 0 Å². The highest BCUT2D eigenvalue weighted by Crippen LogP contribution is 2.61. The number of nitrogens with zero attached hydrogens (tertiary/aromatic N) is 1. The van der Waals surface area contributed by atoms with Crippen molar-refractivity contribution in [2.24, 2.45) is 29.4 Å². The highest BCUT2D eigenvalue weighted by molar-refractivity contribution is 5.84.